The lowest BCUT2D eigenvalue weighted by Crippen LogP contribution is -2.10. The highest BCUT2D eigenvalue weighted by molar-refractivity contribution is 5.85. The van der Waals surface area contributed by atoms with Gasteiger partial charge in [-0.25, -0.2) is 4.79 Å². The maximum atomic E-state index is 10.9. The number of hydrogen-bond acceptors (Lipinski definition) is 4. The molecule has 4 heteroatoms. The van der Waals surface area contributed by atoms with Crippen LogP contribution in [0.3, 0.4) is 0 Å². The van der Waals surface area contributed by atoms with E-state index in [9.17, 15) is 4.79 Å². The number of carbonyl (C=O) groups excluding carboxylic acids is 1. The van der Waals surface area contributed by atoms with Gasteiger partial charge in [-0.2, -0.15) is 0 Å². The second-order valence-electron chi connectivity index (χ2n) is 2.21. The summed E-state index contributed by atoms with van der Waals surface area (Å²) < 4.78 is 9.43. The standard InChI is InChI=1S/C9H14O4/c1-4-8(10)6-13-7(3)9(11)12-5-2/h4,10H,3,5-6H2,1-2H3. The summed E-state index contributed by atoms with van der Waals surface area (Å²) in [5, 5.41) is 8.96. The maximum absolute atomic E-state index is 10.9. The SMILES string of the molecule is C=C(OCC(O)=CC)C(=O)OCC. The highest BCUT2D eigenvalue weighted by atomic mass is 16.6. The Balaban J connectivity index is 3.81. The molecule has 0 saturated heterocycles. The number of rotatable bonds is 5. The second-order valence-corrected chi connectivity index (χ2v) is 2.21. The molecule has 0 aliphatic carbocycles. The van der Waals surface area contributed by atoms with Crippen molar-refractivity contribution in [1.29, 1.82) is 0 Å². The third-order valence-electron chi connectivity index (χ3n) is 1.23. The summed E-state index contributed by atoms with van der Waals surface area (Å²) in [6.45, 7) is 6.91. The van der Waals surface area contributed by atoms with Crippen molar-refractivity contribution >= 4 is 5.97 Å². The molecule has 1 N–H and O–H groups in total. The average Bonchev–Trinajstić information content (AvgIpc) is 2.13. The molecule has 0 aromatic rings. The van der Waals surface area contributed by atoms with Crippen LogP contribution in [0.5, 0.6) is 0 Å². The van der Waals surface area contributed by atoms with Crippen LogP contribution in [0.4, 0.5) is 0 Å². The van der Waals surface area contributed by atoms with Gasteiger partial charge in [0.15, 0.2) is 5.76 Å². The van der Waals surface area contributed by atoms with E-state index in [-0.39, 0.29) is 24.7 Å². The van der Waals surface area contributed by atoms with Gasteiger partial charge in [0.25, 0.3) is 0 Å². The zero-order valence-corrected chi connectivity index (χ0v) is 7.87. The monoisotopic (exact) mass is 186 g/mol. The Hall–Kier alpha value is -1.45. The molecule has 0 aromatic heterocycles. The van der Waals surface area contributed by atoms with Gasteiger partial charge in [0, 0.05) is 0 Å². The summed E-state index contributed by atoms with van der Waals surface area (Å²) in [6.07, 6.45) is 1.47. The largest absolute Gasteiger partial charge is 0.509 e. The van der Waals surface area contributed by atoms with E-state index in [1.165, 1.54) is 6.08 Å². The van der Waals surface area contributed by atoms with Gasteiger partial charge in [0.1, 0.15) is 12.4 Å². The van der Waals surface area contributed by atoms with E-state index in [1.54, 1.807) is 13.8 Å². The number of ether oxygens (including phenoxy) is 2. The minimum Gasteiger partial charge on any atom is -0.509 e. The van der Waals surface area contributed by atoms with Gasteiger partial charge >= 0.3 is 5.97 Å². The Bertz CT molecular complexity index is 218. The van der Waals surface area contributed by atoms with Crippen LogP contribution in [0.1, 0.15) is 13.8 Å². The minimum atomic E-state index is -0.605. The van der Waals surface area contributed by atoms with Gasteiger partial charge < -0.3 is 14.6 Å². The molecule has 0 fully saturated rings. The molecule has 0 aliphatic heterocycles. The van der Waals surface area contributed by atoms with Gasteiger partial charge in [0.05, 0.1) is 6.61 Å². The summed E-state index contributed by atoms with van der Waals surface area (Å²) in [7, 11) is 0. The third-order valence-corrected chi connectivity index (χ3v) is 1.23. The van der Waals surface area contributed by atoms with E-state index in [0.29, 0.717) is 0 Å². The first-order valence-corrected chi connectivity index (χ1v) is 3.94. The summed E-state index contributed by atoms with van der Waals surface area (Å²) in [5.74, 6) is -0.660. The molecule has 0 heterocycles. The molecule has 0 saturated carbocycles. The lowest BCUT2D eigenvalue weighted by atomic mass is 10.5. The predicted molar refractivity (Wildman–Crippen MR) is 48.1 cm³/mol. The fourth-order valence-corrected chi connectivity index (χ4v) is 0.515. The molecule has 0 radical (unpaired) electrons. The van der Waals surface area contributed by atoms with E-state index >= 15 is 0 Å². The fourth-order valence-electron chi connectivity index (χ4n) is 0.515. The molecule has 0 bridgehead atoms. The smallest absolute Gasteiger partial charge is 0.372 e. The molecule has 0 aliphatic rings. The van der Waals surface area contributed by atoms with Crippen molar-refractivity contribution in [2.24, 2.45) is 0 Å². The lowest BCUT2D eigenvalue weighted by molar-refractivity contribution is -0.142. The molecule has 0 amide bonds. The number of allylic oxidation sites excluding steroid dienone is 1. The summed E-state index contributed by atoms with van der Waals surface area (Å²) >= 11 is 0. The van der Waals surface area contributed by atoms with Crippen molar-refractivity contribution in [3.63, 3.8) is 0 Å². The van der Waals surface area contributed by atoms with Gasteiger partial charge in [-0.15, -0.1) is 0 Å². The number of carbonyl (C=O) groups is 1. The van der Waals surface area contributed by atoms with E-state index in [1.807, 2.05) is 0 Å². The molecule has 4 nitrogen and oxygen atoms in total. The molecule has 0 rings (SSSR count). The Morgan fingerprint density at radius 2 is 2.15 bits per heavy atom. The topological polar surface area (TPSA) is 55.8 Å². The van der Waals surface area contributed by atoms with Crippen molar-refractivity contribution in [1.82, 2.24) is 0 Å². The van der Waals surface area contributed by atoms with Crippen LogP contribution in [0.25, 0.3) is 0 Å². The van der Waals surface area contributed by atoms with Gasteiger partial charge in [0.2, 0.25) is 0 Å². The van der Waals surface area contributed by atoms with E-state index in [0.717, 1.165) is 0 Å². The zero-order valence-electron chi connectivity index (χ0n) is 7.87. The molecule has 0 atom stereocenters. The number of hydrogen-bond donors (Lipinski definition) is 1. The van der Waals surface area contributed by atoms with E-state index in [4.69, 9.17) is 9.84 Å². The van der Waals surface area contributed by atoms with Crippen LogP contribution in [-0.4, -0.2) is 24.3 Å². The summed E-state index contributed by atoms with van der Waals surface area (Å²) in [6, 6.07) is 0. The highest BCUT2D eigenvalue weighted by Gasteiger charge is 2.08. The molecule has 74 valence electrons. The first-order valence-electron chi connectivity index (χ1n) is 3.94. The average molecular weight is 186 g/mol. The Morgan fingerprint density at radius 3 is 2.62 bits per heavy atom. The second kappa shape index (κ2) is 6.11. The predicted octanol–water partition coefficient (Wildman–Crippen LogP) is 1.54. The first-order chi connectivity index (χ1) is 6.11. The first kappa shape index (κ1) is 11.6. The third kappa shape index (κ3) is 4.90. The molecular formula is C9H14O4. The van der Waals surface area contributed by atoms with Crippen LogP contribution >= 0.6 is 0 Å². The Kier molecular flexibility index (Phi) is 5.43. The van der Waals surface area contributed by atoms with Crippen molar-refractivity contribution < 1.29 is 19.4 Å². The lowest BCUT2D eigenvalue weighted by Gasteiger charge is -2.06. The van der Waals surface area contributed by atoms with Gasteiger partial charge in [-0.05, 0) is 26.5 Å². The van der Waals surface area contributed by atoms with Crippen molar-refractivity contribution in [2.75, 3.05) is 13.2 Å². The van der Waals surface area contributed by atoms with Gasteiger partial charge in [-0.3, -0.25) is 0 Å². The van der Waals surface area contributed by atoms with Crippen molar-refractivity contribution in [3.8, 4) is 0 Å². The van der Waals surface area contributed by atoms with Crippen molar-refractivity contribution in [2.45, 2.75) is 13.8 Å². The van der Waals surface area contributed by atoms with Crippen LogP contribution in [0.15, 0.2) is 24.2 Å². The molecule has 13 heavy (non-hydrogen) atoms. The van der Waals surface area contributed by atoms with Crippen LogP contribution in [-0.2, 0) is 14.3 Å². The Labute approximate surface area is 77.5 Å². The quantitative estimate of drug-likeness (QED) is 0.402. The van der Waals surface area contributed by atoms with E-state index < -0.39 is 5.97 Å². The fraction of sp³-hybridized carbons (Fsp3) is 0.444. The van der Waals surface area contributed by atoms with Crippen LogP contribution in [0.2, 0.25) is 0 Å². The molecule has 0 unspecified atom stereocenters. The van der Waals surface area contributed by atoms with Crippen LogP contribution in [0, 0.1) is 0 Å². The van der Waals surface area contributed by atoms with Crippen LogP contribution < -0.4 is 0 Å². The summed E-state index contributed by atoms with van der Waals surface area (Å²) in [4.78, 5) is 10.9. The molecule has 0 spiro atoms. The highest BCUT2D eigenvalue weighted by Crippen LogP contribution is 2.00. The van der Waals surface area contributed by atoms with E-state index in [2.05, 4.69) is 11.3 Å². The zero-order chi connectivity index (χ0) is 10.3. The Morgan fingerprint density at radius 1 is 1.54 bits per heavy atom. The number of aliphatic hydroxyl groups is 1. The minimum absolute atomic E-state index is 0.0467. The maximum Gasteiger partial charge on any atom is 0.372 e. The number of esters is 1. The molecular weight excluding hydrogens is 172 g/mol. The van der Waals surface area contributed by atoms with Crippen molar-refractivity contribution in [3.05, 3.63) is 24.2 Å². The normalized spacial score (nSPS) is 10.8. The summed E-state index contributed by atoms with van der Waals surface area (Å²) in [5.41, 5.74) is 0. The van der Waals surface area contributed by atoms with Gasteiger partial charge in [-0.1, -0.05) is 0 Å². The molecule has 0 aromatic carbocycles. The number of aliphatic hydroxyl groups excluding tert-OH is 1.